The SMILES string of the molecule is CCC1COCC(C)N1C(=O)O. The standard InChI is InChI=1S/C8H15NO3/c1-3-7-5-12-4-6(2)9(7)8(10)11/h6-7H,3-5H2,1-2H3,(H,10,11). The maximum Gasteiger partial charge on any atom is 0.407 e. The molecule has 1 aliphatic rings. The van der Waals surface area contributed by atoms with Crippen molar-refractivity contribution in [1.29, 1.82) is 0 Å². The summed E-state index contributed by atoms with van der Waals surface area (Å²) in [6, 6.07) is 0.0208. The molecule has 0 radical (unpaired) electrons. The molecule has 70 valence electrons. The molecule has 0 spiro atoms. The summed E-state index contributed by atoms with van der Waals surface area (Å²) >= 11 is 0. The molecule has 0 bridgehead atoms. The van der Waals surface area contributed by atoms with Crippen molar-refractivity contribution in [3.05, 3.63) is 0 Å². The molecule has 0 saturated carbocycles. The average Bonchev–Trinajstić information content (AvgIpc) is 2.03. The van der Waals surface area contributed by atoms with Gasteiger partial charge in [-0.25, -0.2) is 4.79 Å². The molecule has 1 aliphatic heterocycles. The van der Waals surface area contributed by atoms with Crippen molar-refractivity contribution < 1.29 is 14.6 Å². The van der Waals surface area contributed by atoms with Gasteiger partial charge in [0.2, 0.25) is 0 Å². The third-order valence-corrected chi connectivity index (χ3v) is 2.23. The van der Waals surface area contributed by atoms with E-state index in [4.69, 9.17) is 9.84 Å². The summed E-state index contributed by atoms with van der Waals surface area (Å²) in [5, 5.41) is 8.88. The fraction of sp³-hybridized carbons (Fsp3) is 0.875. The van der Waals surface area contributed by atoms with Crippen molar-refractivity contribution in [2.75, 3.05) is 13.2 Å². The third kappa shape index (κ3) is 1.69. The second kappa shape index (κ2) is 3.76. The second-order valence-corrected chi connectivity index (χ2v) is 3.14. The zero-order chi connectivity index (χ0) is 9.14. The van der Waals surface area contributed by atoms with Gasteiger partial charge in [-0.3, -0.25) is 4.90 Å². The Morgan fingerprint density at radius 3 is 2.75 bits per heavy atom. The average molecular weight is 173 g/mol. The Kier molecular flexibility index (Phi) is 2.92. The number of morpholine rings is 1. The van der Waals surface area contributed by atoms with Gasteiger partial charge in [0, 0.05) is 0 Å². The molecule has 0 aromatic rings. The van der Waals surface area contributed by atoms with Gasteiger partial charge in [0.25, 0.3) is 0 Å². The maximum absolute atomic E-state index is 10.8. The van der Waals surface area contributed by atoms with Crippen LogP contribution in [-0.2, 0) is 4.74 Å². The zero-order valence-corrected chi connectivity index (χ0v) is 7.49. The molecule has 1 amide bonds. The van der Waals surface area contributed by atoms with E-state index < -0.39 is 6.09 Å². The number of carbonyl (C=O) groups is 1. The normalized spacial score (nSPS) is 30.3. The molecule has 1 saturated heterocycles. The van der Waals surface area contributed by atoms with Crippen LogP contribution in [0.5, 0.6) is 0 Å². The van der Waals surface area contributed by atoms with Gasteiger partial charge >= 0.3 is 6.09 Å². The fourth-order valence-electron chi connectivity index (χ4n) is 1.55. The predicted octanol–water partition coefficient (Wildman–Crippen LogP) is 1.16. The zero-order valence-electron chi connectivity index (χ0n) is 7.49. The fourth-order valence-corrected chi connectivity index (χ4v) is 1.55. The van der Waals surface area contributed by atoms with E-state index >= 15 is 0 Å². The Morgan fingerprint density at radius 2 is 2.33 bits per heavy atom. The summed E-state index contributed by atoms with van der Waals surface area (Å²) in [6.45, 7) is 4.90. The molecule has 0 aromatic heterocycles. The van der Waals surface area contributed by atoms with E-state index in [2.05, 4.69) is 0 Å². The van der Waals surface area contributed by atoms with E-state index in [0.29, 0.717) is 13.2 Å². The molecule has 1 N–H and O–H groups in total. The summed E-state index contributed by atoms with van der Waals surface area (Å²) < 4.78 is 5.26. The van der Waals surface area contributed by atoms with Crippen molar-refractivity contribution in [2.24, 2.45) is 0 Å². The van der Waals surface area contributed by atoms with Crippen molar-refractivity contribution in [3.63, 3.8) is 0 Å². The second-order valence-electron chi connectivity index (χ2n) is 3.14. The highest BCUT2D eigenvalue weighted by Gasteiger charge is 2.30. The van der Waals surface area contributed by atoms with Crippen molar-refractivity contribution >= 4 is 6.09 Å². The van der Waals surface area contributed by atoms with Crippen LogP contribution >= 0.6 is 0 Å². The van der Waals surface area contributed by atoms with E-state index in [0.717, 1.165) is 6.42 Å². The Labute approximate surface area is 72.1 Å². The highest BCUT2D eigenvalue weighted by atomic mass is 16.5. The van der Waals surface area contributed by atoms with Crippen LogP contribution in [0.2, 0.25) is 0 Å². The lowest BCUT2D eigenvalue weighted by atomic mass is 10.1. The third-order valence-electron chi connectivity index (χ3n) is 2.23. The molecule has 4 heteroatoms. The predicted molar refractivity (Wildman–Crippen MR) is 44.2 cm³/mol. The molecule has 2 unspecified atom stereocenters. The number of nitrogens with zero attached hydrogens (tertiary/aromatic N) is 1. The van der Waals surface area contributed by atoms with Crippen LogP contribution in [0, 0.1) is 0 Å². The van der Waals surface area contributed by atoms with Crippen LogP contribution in [-0.4, -0.2) is 41.4 Å². The summed E-state index contributed by atoms with van der Waals surface area (Å²) in [4.78, 5) is 12.3. The molecule has 2 atom stereocenters. The number of rotatable bonds is 1. The quantitative estimate of drug-likeness (QED) is 0.647. The minimum atomic E-state index is -0.836. The molecule has 1 rings (SSSR count). The lowest BCUT2D eigenvalue weighted by Crippen LogP contribution is -2.53. The molecule has 12 heavy (non-hydrogen) atoms. The topological polar surface area (TPSA) is 49.8 Å². The maximum atomic E-state index is 10.8. The summed E-state index contributed by atoms with van der Waals surface area (Å²) in [6.07, 6.45) is -0.0194. The van der Waals surface area contributed by atoms with Gasteiger partial charge in [-0.15, -0.1) is 0 Å². The number of hydrogen-bond donors (Lipinski definition) is 1. The molecule has 1 heterocycles. The van der Waals surface area contributed by atoms with Crippen LogP contribution in [0.4, 0.5) is 4.79 Å². The van der Waals surface area contributed by atoms with E-state index in [1.807, 2.05) is 13.8 Å². The minimum absolute atomic E-state index is 0.0128. The van der Waals surface area contributed by atoms with Crippen LogP contribution in [0.25, 0.3) is 0 Å². The van der Waals surface area contributed by atoms with Crippen molar-refractivity contribution in [3.8, 4) is 0 Å². The minimum Gasteiger partial charge on any atom is -0.465 e. The van der Waals surface area contributed by atoms with Crippen LogP contribution < -0.4 is 0 Å². The monoisotopic (exact) mass is 173 g/mol. The van der Waals surface area contributed by atoms with E-state index in [1.54, 1.807) is 0 Å². The highest BCUT2D eigenvalue weighted by molar-refractivity contribution is 5.66. The first kappa shape index (κ1) is 9.32. The van der Waals surface area contributed by atoms with Gasteiger partial charge in [-0.2, -0.15) is 0 Å². The number of carboxylic acid groups (broad SMARTS) is 1. The lowest BCUT2D eigenvalue weighted by molar-refractivity contribution is -0.0326. The molecular weight excluding hydrogens is 158 g/mol. The van der Waals surface area contributed by atoms with Gasteiger partial charge in [0.15, 0.2) is 0 Å². The first-order valence-electron chi connectivity index (χ1n) is 4.25. The van der Waals surface area contributed by atoms with Gasteiger partial charge in [-0.1, -0.05) is 6.92 Å². The number of amides is 1. The summed E-state index contributed by atoms with van der Waals surface area (Å²) in [5.74, 6) is 0. The van der Waals surface area contributed by atoms with Gasteiger partial charge in [0.05, 0.1) is 25.3 Å². The van der Waals surface area contributed by atoms with E-state index in [1.165, 1.54) is 4.90 Å². The molecule has 0 aromatic carbocycles. The molecule has 0 aliphatic carbocycles. The number of hydrogen-bond acceptors (Lipinski definition) is 2. The summed E-state index contributed by atoms with van der Waals surface area (Å²) in [5.41, 5.74) is 0. The molecule has 1 fully saturated rings. The summed E-state index contributed by atoms with van der Waals surface area (Å²) in [7, 11) is 0. The van der Waals surface area contributed by atoms with Crippen molar-refractivity contribution in [2.45, 2.75) is 32.4 Å². The first-order valence-corrected chi connectivity index (χ1v) is 4.25. The Bertz CT molecular complexity index is 172. The largest absolute Gasteiger partial charge is 0.465 e. The van der Waals surface area contributed by atoms with Crippen LogP contribution in [0.1, 0.15) is 20.3 Å². The smallest absolute Gasteiger partial charge is 0.407 e. The van der Waals surface area contributed by atoms with Crippen LogP contribution in [0.15, 0.2) is 0 Å². The Hall–Kier alpha value is -0.770. The van der Waals surface area contributed by atoms with E-state index in [-0.39, 0.29) is 12.1 Å². The van der Waals surface area contributed by atoms with Crippen molar-refractivity contribution in [1.82, 2.24) is 4.90 Å². The lowest BCUT2D eigenvalue weighted by Gasteiger charge is -2.37. The Morgan fingerprint density at radius 1 is 1.67 bits per heavy atom. The van der Waals surface area contributed by atoms with Crippen LogP contribution in [0.3, 0.4) is 0 Å². The highest BCUT2D eigenvalue weighted by Crippen LogP contribution is 2.15. The molecular formula is C8H15NO3. The Balaban J connectivity index is 2.66. The molecule has 4 nitrogen and oxygen atoms in total. The van der Waals surface area contributed by atoms with Gasteiger partial charge < -0.3 is 9.84 Å². The van der Waals surface area contributed by atoms with Gasteiger partial charge in [-0.05, 0) is 13.3 Å². The van der Waals surface area contributed by atoms with E-state index in [9.17, 15) is 4.79 Å². The first-order chi connectivity index (χ1) is 5.66. The van der Waals surface area contributed by atoms with Gasteiger partial charge in [0.1, 0.15) is 0 Å². The number of ether oxygens (including phenoxy) is 1.